The van der Waals surface area contributed by atoms with E-state index in [-0.39, 0.29) is 15.5 Å². The second-order valence-electron chi connectivity index (χ2n) is 7.17. The molecule has 0 bridgehead atoms. The Bertz CT molecular complexity index is 1210. The van der Waals surface area contributed by atoms with Crippen molar-refractivity contribution in [3.63, 3.8) is 0 Å². The summed E-state index contributed by atoms with van der Waals surface area (Å²) in [5.74, 6) is -0.153. The van der Waals surface area contributed by atoms with E-state index in [0.717, 1.165) is 16.7 Å². The summed E-state index contributed by atoms with van der Waals surface area (Å²) in [6, 6.07) is 15.5. The van der Waals surface area contributed by atoms with Crippen molar-refractivity contribution in [3.8, 4) is 0 Å². The van der Waals surface area contributed by atoms with Gasteiger partial charge in [-0.15, -0.1) is 0 Å². The Balaban J connectivity index is 1.60. The number of fused-ring (bicyclic) bond motifs is 1. The lowest BCUT2D eigenvalue weighted by Crippen LogP contribution is -2.36. The first-order chi connectivity index (χ1) is 14.3. The smallest absolute Gasteiger partial charge is 0.258 e. The number of pyridine rings is 1. The third-order valence-corrected chi connectivity index (χ3v) is 7.24. The van der Waals surface area contributed by atoms with Gasteiger partial charge in [-0.3, -0.25) is 4.79 Å². The van der Waals surface area contributed by atoms with Crippen molar-refractivity contribution >= 4 is 33.3 Å². The monoisotopic (exact) mass is 441 g/mol. The Hall–Kier alpha value is -2.74. The SMILES string of the molecule is Cc1ccc(NC(=O)c2cc(S(=O)(=O)N3CCc4ccccc4C3)ccc2Cl)nc1. The number of carbonyl (C=O) groups is 1. The average Bonchev–Trinajstić information content (AvgIpc) is 2.75. The van der Waals surface area contributed by atoms with E-state index in [1.807, 2.05) is 37.3 Å². The molecule has 3 aromatic rings. The molecule has 2 heterocycles. The van der Waals surface area contributed by atoms with Crippen LogP contribution in [0.3, 0.4) is 0 Å². The number of halogens is 1. The highest BCUT2D eigenvalue weighted by Crippen LogP contribution is 2.27. The molecule has 0 spiro atoms. The number of amides is 1. The highest BCUT2D eigenvalue weighted by molar-refractivity contribution is 7.89. The molecule has 1 N–H and O–H groups in total. The predicted octanol–water partition coefficient (Wildman–Crippen LogP) is 4.04. The molecule has 30 heavy (non-hydrogen) atoms. The van der Waals surface area contributed by atoms with E-state index in [1.165, 1.54) is 22.5 Å². The molecule has 1 aliphatic rings. The summed E-state index contributed by atoms with van der Waals surface area (Å²) in [7, 11) is -3.78. The van der Waals surface area contributed by atoms with E-state index in [4.69, 9.17) is 11.6 Å². The Kier molecular flexibility index (Phi) is 5.60. The first kappa shape index (κ1) is 20.5. The summed E-state index contributed by atoms with van der Waals surface area (Å²) >= 11 is 6.20. The maximum absolute atomic E-state index is 13.2. The van der Waals surface area contributed by atoms with E-state index in [9.17, 15) is 13.2 Å². The number of aromatic nitrogens is 1. The molecule has 0 atom stereocenters. The van der Waals surface area contributed by atoms with Crippen molar-refractivity contribution in [1.29, 1.82) is 0 Å². The standard InChI is InChI=1S/C22H20ClN3O3S/c1-15-6-9-21(24-13-15)25-22(27)19-12-18(7-8-20(19)23)30(28,29)26-11-10-16-4-2-3-5-17(16)14-26/h2-9,12-13H,10-11,14H2,1H3,(H,24,25,27). The van der Waals surface area contributed by atoms with E-state index in [0.29, 0.717) is 25.3 Å². The number of benzene rings is 2. The number of rotatable bonds is 4. The van der Waals surface area contributed by atoms with Gasteiger partial charge >= 0.3 is 0 Å². The molecule has 0 saturated heterocycles. The fraction of sp³-hybridized carbons (Fsp3) is 0.182. The quantitative estimate of drug-likeness (QED) is 0.662. The number of aryl methyl sites for hydroxylation is 1. The Morgan fingerprint density at radius 3 is 2.60 bits per heavy atom. The molecule has 0 saturated carbocycles. The van der Waals surface area contributed by atoms with Crippen LogP contribution in [0.5, 0.6) is 0 Å². The Morgan fingerprint density at radius 1 is 1.10 bits per heavy atom. The van der Waals surface area contributed by atoms with Gasteiger partial charge in [0.05, 0.1) is 15.5 Å². The summed E-state index contributed by atoms with van der Waals surface area (Å²) in [5.41, 5.74) is 3.19. The number of nitrogens with one attached hydrogen (secondary N) is 1. The van der Waals surface area contributed by atoms with Crippen molar-refractivity contribution in [2.75, 3.05) is 11.9 Å². The van der Waals surface area contributed by atoms with Gasteiger partial charge in [0.15, 0.2) is 0 Å². The van der Waals surface area contributed by atoms with Crippen molar-refractivity contribution in [2.24, 2.45) is 0 Å². The lowest BCUT2D eigenvalue weighted by molar-refractivity contribution is 0.102. The maximum atomic E-state index is 13.2. The molecule has 1 amide bonds. The minimum atomic E-state index is -3.78. The van der Waals surface area contributed by atoms with Crippen molar-refractivity contribution < 1.29 is 13.2 Å². The lowest BCUT2D eigenvalue weighted by atomic mass is 10.0. The minimum absolute atomic E-state index is 0.0355. The van der Waals surface area contributed by atoms with Crippen molar-refractivity contribution in [2.45, 2.75) is 24.8 Å². The Morgan fingerprint density at radius 2 is 1.87 bits per heavy atom. The van der Waals surface area contributed by atoms with Gasteiger partial charge in [0.2, 0.25) is 10.0 Å². The van der Waals surface area contributed by atoms with Crippen LogP contribution >= 0.6 is 11.6 Å². The van der Waals surface area contributed by atoms with Crippen LogP contribution in [0.2, 0.25) is 5.02 Å². The van der Waals surface area contributed by atoms with Crippen LogP contribution in [-0.4, -0.2) is 30.2 Å². The van der Waals surface area contributed by atoms with Gasteiger partial charge in [-0.1, -0.05) is 41.9 Å². The summed E-state index contributed by atoms with van der Waals surface area (Å²) in [6.07, 6.45) is 2.28. The molecule has 1 aliphatic heterocycles. The summed E-state index contributed by atoms with van der Waals surface area (Å²) in [4.78, 5) is 16.9. The third kappa shape index (κ3) is 4.09. The van der Waals surface area contributed by atoms with Crippen LogP contribution in [0.25, 0.3) is 0 Å². The number of carbonyl (C=O) groups excluding carboxylic acids is 1. The van der Waals surface area contributed by atoms with Gasteiger partial charge < -0.3 is 5.32 Å². The highest BCUT2D eigenvalue weighted by atomic mass is 35.5. The molecule has 0 radical (unpaired) electrons. The molecule has 6 nitrogen and oxygen atoms in total. The fourth-order valence-corrected chi connectivity index (χ4v) is 5.04. The number of anilines is 1. The number of sulfonamides is 1. The normalized spacial score (nSPS) is 14.2. The number of hydrogen-bond acceptors (Lipinski definition) is 4. The highest BCUT2D eigenvalue weighted by Gasteiger charge is 2.29. The second-order valence-corrected chi connectivity index (χ2v) is 9.52. The second kappa shape index (κ2) is 8.18. The van der Waals surface area contributed by atoms with Crippen molar-refractivity contribution in [3.05, 3.63) is 88.1 Å². The Labute approximate surface area is 180 Å². The van der Waals surface area contributed by atoms with Crippen LogP contribution in [-0.2, 0) is 23.0 Å². The largest absolute Gasteiger partial charge is 0.307 e. The summed E-state index contributed by atoms with van der Waals surface area (Å²) in [6.45, 7) is 2.58. The maximum Gasteiger partial charge on any atom is 0.258 e. The van der Waals surface area contributed by atoms with Crippen LogP contribution in [0.4, 0.5) is 5.82 Å². The van der Waals surface area contributed by atoms with E-state index >= 15 is 0 Å². The first-order valence-electron chi connectivity index (χ1n) is 9.45. The van der Waals surface area contributed by atoms with Gasteiger partial charge in [0, 0.05) is 19.3 Å². The van der Waals surface area contributed by atoms with E-state index in [2.05, 4.69) is 10.3 Å². The zero-order valence-electron chi connectivity index (χ0n) is 16.3. The van der Waals surface area contributed by atoms with Crippen LogP contribution in [0.15, 0.2) is 65.7 Å². The fourth-order valence-electron chi connectivity index (χ4n) is 3.39. The first-order valence-corrected chi connectivity index (χ1v) is 11.3. The lowest BCUT2D eigenvalue weighted by Gasteiger charge is -2.28. The van der Waals surface area contributed by atoms with Gasteiger partial charge in [-0.2, -0.15) is 4.31 Å². The van der Waals surface area contributed by atoms with E-state index < -0.39 is 15.9 Å². The summed E-state index contributed by atoms with van der Waals surface area (Å²) in [5, 5.41) is 2.82. The minimum Gasteiger partial charge on any atom is -0.307 e. The molecule has 0 unspecified atom stereocenters. The zero-order valence-corrected chi connectivity index (χ0v) is 17.9. The molecule has 2 aromatic carbocycles. The zero-order chi connectivity index (χ0) is 21.3. The summed E-state index contributed by atoms with van der Waals surface area (Å²) < 4.78 is 27.9. The molecule has 0 fully saturated rings. The van der Waals surface area contributed by atoms with Gasteiger partial charge in [0.25, 0.3) is 5.91 Å². The molecular formula is C22H20ClN3O3S. The van der Waals surface area contributed by atoms with Gasteiger partial charge in [-0.05, 0) is 54.3 Å². The molecule has 4 rings (SSSR count). The van der Waals surface area contributed by atoms with Crippen LogP contribution in [0, 0.1) is 6.92 Å². The topological polar surface area (TPSA) is 79.4 Å². The molecule has 1 aromatic heterocycles. The van der Waals surface area contributed by atoms with Crippen LogP contribution in [0.1, 0.15) is 27.0 Å². The number of hydrogen-bond donors (Lipinski definition) is 1. The molecule has 0 aliphatic carbocycles. The number of nitrogens with zero attached hydrogens (tertiary/aromatic N) is 2. The molecule has 154 valence electrons. The predicted molar refractivity (Wildman–Crippen MR) is 116 cm³/mol. The van der Waals surface area contributed by atoms with Crippen LogP contribution < -0.4 is 5.32 Å². The van der Waals surface area contributed by atoms with Gasteiger partial charge in [-0.25, -0.2) is 13.4 Å². The molecule has 8 heteroatoms. The van der Waals surface area contributed by atoms with Gasteiger partial charge in [0.1, 0.15) is 5.82 Å². The van der Waals surface area contributed by atoms with E-state index in [1.54, 1.807) is 12.3 Å². The van der Waals surface area contributed by atoms with Crippen molar-refractivity contribution in [1.82, 2.24) is 9.29 Å². The third-order valence-electron chi connectivity index (χ3n) is 5.07. The molecular weight excluding hydrogens is 422 g/mol. The average molecular weight is 442 g/mol.